The number of hydrogen-bond acceptors (Lipinski definition) is 2. The third-order valence-corrected chi connectivity index (χ3v) is 3.48. The number of nitrogens with zero attached hydrogens (tertiary/aromatic N) is 2. The minimum atomic E-state index is 0.213. The van der Waals surface area contributed by atoms with E-state index in [4.69, 9.17) is 5.73 Å². The van der Waals surface area contributed by atoms with Gasteiger partial charge in [-0.15, -0.1) is 0 Å². The summed E-state index contributed by atoms with van der Waals surface area (Å²) in [6.07, 6.45) is 7.97. The number of nitrogens with two attached hydrogens (primary N) is 1. The summed E-state index contributed by atoms with van der Waals surface area (Å²) < 4.78 is 2.18. The Morgan fingerprint density at radius 2 is 2.31 bits per heavy atom. The molecule has 0 spiro atoms. The Kier molecular flexibility index (Phi) is 3.64. The molecule has 16 heavy (non-hydrogen) atoms. The maximum absolute atomic E-state index is 6.16. The zero-order chi connectivity index (χ0) is 11.5. The molecule has 3 heteroatoms. The van der Waals surface area contributed by atoms with Crippen molar-refractivity contribution in [2.45, 2.75) is 58.5 Å². The van der Waals surface area contributed by atoms with E-state index in [2.05, 4.69) is 23.6 Å². The molecule has 1 aliphatic carbocycles. The van der Waals surface area contributed by atoms with E-state index in [1.54, 1.807) is 0 Å². The van der Waals surface area contributed by atoms with Crippen molar-refractivity contribution in [2.24, 2.45) is 11.7 Å². The lowest BCUT2D eigenvalue weighted by molar-refractivity contribution is 0.473. The molecular formula is C13H23N3. The van der Waals surface area contributed by atoms with Crippen LogP contribution in [0.15, 0.2) is 6.20 Å². The SMILES string of the molecule is CC(C)CCn1ncc2c1CCCCC2N. The van der Waals surface area contributed by atoms with Gasteiger partial charge >= 0.3 is 0 Å². The van der Waals surface area contributed by atoms with Gasteiger partial charge in [-0.25, -0.2) is 0 Å². The van der Waals surface area contributed by atoms with Gasteiger partial charge in [0.05, 0.1) is 6.20 Å². The van der Waals surface area contributed by atoms with Crippen LogP contribution in [-0.2, 0) is 13.0 Å². The molecule has 0 bridgehead atoms. The van der Waals surface area contributed by atoms with Crippen molar-refractivity contribution in [3.05, 3.63) is 17.5 Å². The zero-order valence-electron chi connectivity index (χ0n) is 10.4. The van der Waals surface area contributed by atoms with Gasteiger partial charge in [0.15, 0.2) is 0 Å². The monoisotopic (exact) mass is 221 g/mol. The first-order valence-corrected chi connectivity index (χ1v) is 6.48. The fraction of sp³-hybridized carbons (Fsp3) is 0.769. The molecule has 0 saturated heterocycles. The molecule has 0 fully saturated rings. The molecule has 1 atom stereocenters. The Morgan fingerprint density at radius 3 is 3.06 bits per heavy atom. The lowest BCUT2D eigenvalue weighted by atomic mass is 10.1. The first-order chi connectivity index (χ1) is 7.68. The van der Waals surface area contributed by atoms with Gasteiger partial charge < -0.3 is 5.73 Å². The van der Waals surface area contributed by atoms with Gasteiger partial charge in [0.2, 0.25) is 0 Å². The van der Waals surface area contributed by atoms with Crippen LogP contribution in [0.5, 0.6) is 0 Å². The van der Waals surface area contributed by atoms with Crippen LogP contribution in [0.25, 0.3) is 0 Å². The van der Waals surface area contributed by atoms with Crippen molar-refractivity contribution in [1.29, 1.82) is 0 Å². The predicted molar refractivity (Wildman–Crippen MR) is 66.2 cm³/mol. The van der Waals surface area contributed by atoms with Crippen LogP contribution in [0.1, 0.15) is 56.8 Å². The minimum absolute atomic E-state index is 0.213. The standard InChI is InChI=1S/C13H23N3/c1-10(2)7-8-16-13-6-4-3-5-12(14)11(13)9-15-16/h9-10,12H,3-8,14H2,1-2H3. The highest BCUT2D eigenvalue weighted by molar-refractivity contribution is 5.23. The summed E-state index contributed by atoms with van der Waals surface area (Å²) in [5, 5.41) is 4.50. The van der Waals surface area contributed by atoms with Crippen LogP contribution in [0.2, 0.25) is 0 Å². The van der Waals surface area contributed by atoms with Crippen molar-refractivity contribution >= 4 is 0 Å². The summed E-state index contributed by atoms with van der Waals surface area (Å²) in [7, 11) is 0. The molecule has 1 aromatic rings. The molecule has 3 nitrogen and oxygen atoms in total. The number of hydrogen-bond donors (Lipinski definition) is 1. The van der Waals surface area contributed by atoms with Gasteiger partial charge in [-0.2, -0.15) is 5.10 Å². The van der Waals surface area contributed by atoms with E-state index >= 15 is 0 Å². The highest BCUT2D eigenvalue weighted by Gasteiger charge is 2.19. The predicted octanol–water partition coefficient (Wildman–Crippen LogP) is 2.66. The van der Waals surface area contributed by atoms with Crippen LogP contribution in [0, 0.1) is 5.92 Å². The number of aromatic nitrogens is 2. The second-order valence-corrected chi connectivity index (χ2v) is 5.30. The molecule has 1 heterocycles. The maximum Gasteiger partial charge on any atom is 0.0540 e. The van der Waals surface area contributed by atoms with Gasteiger partial charge in [-0.1, -0.05) is 20.3 Å². The Hall–Kier alpha value is -0.830. The van der Waals surface area contributed by atoms with E-state index in [0.29, 0.717) is 0 Å². The summed E-state index contributed by atoms with van der Waals surface area (Å²) in [6, 6.07) is 0.213. The second-order valence-electron chi connectivity index (χ2n) is 5.30. The zero-order valence-corrected chi connectivity index (χ0v) is 10.4. The summed E-state index contributed by atoms with van der Waals surface area (Å²) in [4.78, 5) is 0. The fourth-order valence-electron chi connectivity index (χ4n) is 2.39. The molecular weight excluding hydrogens is 198 g/mol. The molecule has 0 radical (unpaired) electrons. The van der Waals surface area contributed by atoms with Gasteiger partial charge in [-0.05, 0) is 31.6 Å². The lowest BCUT2D eigenvalue weighted by Crippen LogP contribution is -2.11. The third-order valence-electron chi connectivity index (χ3n) is 3.48. The largest absolute Gasteiger partial charge is 0.324 e. The Morgan fingerprint density at radius 1 is 1.50 bits per heavy atom. The molecule has 0 saturated carbocycles. The summed E-state index contributed by atoms with van der Waals surface area (Å²) in [5.41, 5.74) is 8.85. The molecule has 2 N–H and O–H groups in total. The van der Waals surface area contributed by atoms with Gasteiger partial charge in [0, 0.05) is 23.8 Å². The first kappa shape index (κ1) is 11.6. The Labute approximate surface area is 98.0 Å². The fourth-order valence-corrected chi connectivity index (χ4v) is 2.39. The van der Waals surface area contributed by atoms with Gasteiger partial charge in [0.1, 0.15) is 0 Å². The molecule has 2 rings (SSSR count). The molecule has 1 aromatic heterocycles. The van der Waals surface area contributed by atoms with Gasteiger partial charge in [-0.3, -0.25) is 4.68 Å². The van der Waals surface area contributed by atoms with Crippen molar-refractivity contribution in [1.82, 2.24) is 9.78 Å². The first-order valence-electron chi connectivity index (χ1n) is 6.48. The quantitative estimate of drug-likeness (QED) is 0.797. The summed E-state index contributed by atoms with van der Waals surface area (Å²) in [5.74, 6) is 0.735. The summed E-state index contributed by atoms with van der Waals surface area (Å²) in [6.45, 7) is 5.56. The molecule has 1 aliphatic rings. The van der Waals surface area contributed by atoms with Crippen LogP contribution in [0.4, 0.5) is 0 Å². The van der Waals surface area contributed by atoms with E-state index in [-0.39, 0.29) is 6.04 Å². The summed E-state index contributed by atoms with van der Waals surface area (Å²) >= 11 is 0. The number of fused-ring (bicyclic) bond motifs is 1. The van der Waals surface area contributed by atoms with E-state index in [1.165, 1.54) is 30.5 Å². The van der Waals surface area contributed by atoms with Crippen LogP contribution < -0.4 is 5.73 Å². The Bertz CT molecular complexity index is 341. The molecule has 0 aliphatic heterocycles. The topological polar surface area (TPSA) is 43.8 Å². The number of aryl methyl sites for hydroxylation is 1. The Balaban J connectivity index is 2.15. The van der Waals surface area contributed by atoms with Crippen LogP contribution in [0.3, 0.4) is 0 Å². The normalized spacial score (nSPS) is 20.9. The number of rotatable bonds is 3. The highest BCUT2D eigenvalue weighted by atomic mass is 15.3. The average molecular weight is 221 g/mol. The average Bonchev–Trinajstić information content (AvgIpc) is 2.55. The maximum atomic E-state index is 6.16. The smallest absolute Gasteiger partial charge is 0.0540 e. The molecule has 0 amide bonds. The van der Waals surface area contributed by atoms with Crippen molar-refractivity contribution in [3.8, 4) is 0 Å². The van der Waals surface area contributed by atoms with Crippen LogP contribution in [-0.4, -0.2) is 9.78 Å². The van der Waals surface area contributed by atoms with Crippen molar-refractivity contribution in [3.63, 3.8) is 0 Å². The molecule has 90 valence electrons. The minimum Gasteiger partial charge on any atom is -0.324 e. The molecule has 0 aromatic carbocycles. The lowest BCUT2D eigenvalue weighted by Gasteiger charge is -2.10. The highest BCUT2D eigenvalue weighted by Crippen LogP contribution is 2.26. The van der Waals surface area contributed by atoms with Crippen molar-refractivity contribution in [2.75, 3.05) is 0 Å². The van der Waals surface area contributed by atoms with Gasteiger partial charge in [0.25, 0.3) is 0 Å². The van der Waals surface area contributed by atoms with E-state index in [0.717, 1.165) is 25.3 Å². The van der Waals surface area contributed by atoms with Crippen molar-refractivity contribution < 1.29 is 0 Å². The third kappa shape index (κ3) is 2.46. The van der Waals surface area contributed by atoms with Crippen LogP contribution >= 0.6 is 0 Å². The van der Waals surface area contributed by atoms with E-state index in [1.807, 2.05) is 6.20 Å². The van der Waals surface area contributed by atoms with E-state index in [9.17, 15) is 0 Å². The second kappa shape index (κ2) is 5.00. The van der Waals surface area contributed by atoms with E-state index < -0.39 is 0 Å². The molecule has 1 unspecified atom stereocenters.